The predicted molar refractivity (Wildman–Crippen MR) is 74.4 cm³/mol. The molecule has 0 aromatic carbocycles. The molecule has 0 heterocycles. The maximum Gasteiger partial charge on any atom is 0.0859 e. The summed E-state index contributed by atoms with van der Waals surface area (Å²) in [6.07, 6.45) is 0. The van der Waals surface area contributed by atoms with Crippen LogP contribution in [0.25, 0.3) is 0 Å². The third-order valence-corrected chi connectivity index (χ3v) is 2.24. The highest BCUT2D eigenvalue weighted by Crippen LogP contribution is 2.11. The molecule has 0 saturated carbocycles. The Balaban J connectivity index is 3.32. The largest absolute Gasteiger partial charge is 0.394 e. The normalized spacial score (nSPS) is 12.3. The standard InChI is InChI=1S/C14H30O5/c1-13(2)11-19-14(3,4)12-18-10-9-17-8-7-16-6-5-15/h13,15H,5-12H2,1-4H3. The fraction of sp³-hybridized carbons (Fsp3) is 1.00. The fourth-order valence-corrected chi connectivity index (χ4v) is 1.26. The highest BCUT2D eigenvalue weighted by Gasteiger charge is 2.18. The van der Waals surface area contributed by atoms with E-state index in [-0.39, 0.29) is 12.2 Å². The topological polar surface area (TPSA) is 57.2 Å². The van der Waals surface area contributed by atoms with Crippen LogP contribution >= 0.6 is 0 Å². The minimum absolute atomic E-state index is 0.0502. The minimum atomic E-state index is -0.255. The van der Waals surface area contributed by atoms with E-state index >= 15 is 0 Å². The van der Waals surface area contributed by atoms with Crippen molar-refractivity contribution in [3.63, 3.8) is 0 Å². The Labute approximate surface area is 117 Å². The summed E-state index contributed by atoms with van der Waals surface area (Å²) < 4.78 is 21.7. The Morgan fingerprint density at radius 3 is 1.95 bits per heavy atom. The molecule has 0 fully saturated rings. The molecule has 0 rings (SSSR count). The highest BCUT2D eigenvalue weighted by atomic mass is 16.6. The van der Waals surface area contributed by atoms with Gasteiger partial charge >= 0.3 is 0 Å². The zero-order chi connectivity index (χ0) is 14.6. The van der Waals surface area contributed by atoms with Crippen LogP contribution in [0.15, 0.2) is 0 Å². The van der Waals surface area contributed by atoms with Crippen LogP contribution in [0.2, 0.25) is 0 Å². The molecule has 0 spiro atoms. The number of hydrogen-bond donors (Lipinski definition) is 1. The molecule has 5 nitrogen and oxygen atoms in total. The summed E-state index contributed by atoms with van der Waals surface area (Å²) in [6.45, 7) is 12.2. The van der Waals surface area contributed by atoms with Crippen molar-refractivity contribution in [1.29, 1.82) is 0 Å². The summed E-state index contributed by atoms with van der Waals surface area (Å²) in [5.74, 6) is 0.529. The van der Waals surface area contributed by atoms with E-state index in [4.69, 9.17) is 24.1 Å². The van der Waals surface area contributed by atoms with Crippen molar-refractivity contribution in [2.45, 2.75) is 33.3 Å². The first-order valence-corrected chi connectivity index (χ1v) is 6.96. The Kier molecular flexibility index (Phi) is 11.5. The van der Waals surface area contributed by atoms with Gasteiger partial charge in [-0.1, -0.05) is 13.8 Å². The first kappa shape index (κ1) is 18.8. The number of aliphatic hydroxyl groups is 1. The first-order chi connectivity index (χ1) is 8.98. The number of ether oxygens (including phenoxy) is 4. The molecule has 0 amide bonds. The van der Waals surface area contributed by atoms with E-state index in [1.807, 2.05) is 13.8 Å². The molecule has 0 aliphatic heterocycles. The number of aliphatic hydroxyl groups excluding tert-OH is 1. The fourth-order valence-electron chi connectivity index (χ4n) is 1.26. The average molecular weight is 278 g/mol. The summed E-state index contributed by atoms with van der Waals surface area (Å²) >= 11 is 0. The lowest BCUT2D eigenvalue weighted by Crippen LogP contribution is -2.32. The molecule has 0 bridgehead atoms. The van der Waals surface area contributed by atoms with Gasteiger partial charge in [0.1, 0.15) is 0 Å². The SMILES string of the molecule is CC(C)COC(C)(C)COCCOCCOCCO. The molecular weight excluding hydrogens is 248 g/mol. The maximum atomic E-state index is 8.50. The van der Waals surface area contributed by atoms with Crippen molar-refractivity contribution in [3.8, 4) is 0 Å². The monoisotopic (exact) mass is 278 g/mol. The van der Waals surface area contributed by atoms with Crippen molar-refractivity contribution in [1.82, 2.24) is 0 Å². The second-order valence-corrected chi connectivity index (χ2v) is 5.47. The summed E-state index contributed by atoms with van der Waals surface area (Å²) in [7, 11) is 0. The predicted octanol–water partition coefficient (Wildman–Crippen LogP) is 1.48. The molecule has 1 N–H and O–H groups in total. The molecule has 19 heavy (non-hydrogen) atoms. The summed E-state index contributed by atoms with van der Waals surface area (Å²) in [6, 6.07) is 0. The Bertz CT molecular complexity index is 194. The number of hydrogen-bond acceptors (Lipinski definition) is 5. The van der Waals surface area contributed by atoms with Crippen LogP contribution in [0.3, 0.4) is 0 Å². The quantitative estimate of drug-likeness (QED) is 0.517. The molecule has 5 heteroatoms. The van der Waals surface area contributed by atoms with Gasteiger partial charge in [-0.2, -0.15) is 0 Å². The van der Waals surface area contributed by atoms with Gasteiger partial charge in [-0.15, -0.1) is 0 Å². The zero-order valence-corrected chi connectivity index (χ0v) is 12.8. The molecule has 0 aromatic heterocycles. The van der Waals surface area contributed by atoms with Crippen LogP contribution in [0.1, 0.15) is 27.7 Å². The Hall–Kier alpha value is -0.200. The molecule has 0 atom stereocenters. The molecule has 0 saturated heterocycles. The van der Waals surface area contributed by atoms with E-state index in [9.17, 15) is 0 Å². The number of rotatable bonds is 13. The van der Waals surface area contributed by atoms with Gasteiger partial charge in [0, 0.05) is 6.61 Å². The second-order valence-electron chi connectivity index (χ2n) is 5.47. The molecule has 0 aliphatic rings. The zero-order valence-electron chi connectivity index (χ0n) is 12.8. The summed E-state index contributed by atoms with van der Waals surface area (Å²) in [5, 5.41) is 8.50. The van der Waals surface area contributed by atoms with Crippen molar-refractivity contribution in [2.24, 2.45) is 5.92 Å². The maximum absolute atomic E-state index is 8.50. The van der Waals surface area contributed by atoms with Crippen LogP contribution in [0.4, 0.5) is 0 Å². The van der Waals surface area contributed by atoms with Crippen LogP contribution in [0, 0.1) is 5.92 Å². The second kappa shape index (κ2) is 11.6. The van der Waals surface area contributed by atoms with Crippen LogP contribution in [-0.2, 0) is 18.9 Å². The lowest BCUT2D eigenvalue weighted by Gasteiger charge is -2.26. The van der Waals surface area contributed by atoms with Gasteiger partial charge in [0.25, 0.3) is 0 Å². The van der Waals surface area contributed by atoms with Crippen LogP contribution in [-0.4, -0.2) is 63.6 Å². The van der Waals surface area contributed by atoms with Crippen molar-refractivity contribution in [2.75, 3.05) is 52.9 Å². The molecule has 116 valence electrons. The van der Waals surface area contributed by atoms with E-state index in [1.54, 1.807) is 0 Å². The van der Waals surface area contributed by atoms with Crippen molar-refractivity contribution >= 4 is 0 Å². The van der Waals surface area contributed by atoms with E-state index in [0.29, 0.717) is 45.6 Å². The van der Waals surface area contributed by atoms with E-state index < -0.39 is 0 Å². The Morgan fingerprint density at radius 1 is 0.895 bits per heavy atom. The van der Waals surface area contributed by atoms with Gasteiger partial charge in [0.15, 0.2) is 0 Å². The van der Waals surface area contributed by atoms with Crippen molar-refractivity contribution < 1.29 is 24.1 Å². The highest BCUT2D eigenvalue weighted by molar-refractivity contribution is 4.67. The van der Waals surface area contributed by atoms with E-state index in [2.05, 4.69) is 13.8 Å². The van der Waals surface area contributed by atoms with E-state index in [1.165, 1.54) is 0 Å². The first-order valence-electron chi connectivity index (χ1n) is 6.96. The molecule has 0 aromatic rings. The van der Waals surface area contributed by atoms with E-state index in [0.717, 1.165) is 6.61 Å². The van der Waals surface area contributed by atoms with Gasteiger partial charge in [0.2, 0.25) is 0 Å². The van der Waals surface area contributed by atoms with Gasteiger partial charge in [0.05, 0.1) is 51.8 Å². The molecule has 0 aliphatic carbocycles. The smallest absolute Gasteiger partial charge is 0.0859 e. The summed E-state index contributed by atoms with van der Waals surface area (Å²) in [5.41, 5.74) is -0.255. The Morgan fingerprint density at radius 2 is 1.42 bits per heavy atom. The average Bonchev–Trinajstić information content (AvgIpc) is 2.34. The van der Waals surface area contributed by atoms with Crippen LogP contribution in [0.5, 0.6) is 0 Å². The minimum Gasteiger partial charge on any atom is -0.394 e. The lowest BCUT2D eigenvalue weighted by molar-refractivity contribution is -0.0904. The molecule has 0 unspecified atom stereocenters. The molecule has 0 radical (unpaired) electrons. The third kappa shape index (κ3) is 14.0. The lowest BCUT2D eigenvalue weighted by atomic mass is 10.1. The third-order valence-electron chi connectivity index (χ3n) is 2.24. The van der Waals surface area contributed by atoms with Gasteiger partial charge in [-0.05, 0) is 19.8 Å². The van der Waals surface area contributed by atoms with Crippen LogP contribution < -0.4 is 0 Å². The van der Waals surface area contributed by atoms with Gasteiger partial charge in [-0.3, -0.25) is 0 Å². The van der Waals surface area contributed by atoms with Gasteiger partial charge in [-0.25, -0.2) is 0 Å². The summed E-state index contributed by atoms with van der Waals surface area (Å²) in [4.78, 5) is 0. The molecular formula is C14H30O5. The van der Waals surface area contributed by atoms with Gasteiger partial charge < -0.3 is 24.1 Å². The van der Waals surface area contributed by atoms with Crippen molar-refractivity contribution in [3.05, 3.63) is 0 Å².